The van der Waals surface area contributed by atoms with Gasteiger partial charge in [0, 0.05) is 6.42 Å². The molecule has 0 radical (unpaired) electrons. The van der Waals surface area contributed by atoms with Crippen LogP contribution in [0.4, 0.5) is 0 Å². The molecule has 5 N–H and O–H groups in total. The van der Waals surface area contributed by atoms with Crippen molar-refractivity contribution < 1.29 is 49.1 Å². The maximum atomic E-state index is 13.5. The number of methoxy groups -OCH3 is 1. The Bertz CT molecular complexity index is 1190. The quantitative estimate of drug-likeness (QED) is 0.0423. The topological polar surface area (TPSA) is 180 Å². The lowest BCUT2D eigenvalue weighted by molar-refractivity contribution is -0.172. The van der Waals surface area contributed by atoms with Crippen LogP contribution in [0.15, 0.2) is 36.4 Å². The molecule has 1 aromatic rings. The Morgan fingerprint density at radius 3 is 2.13 bits per heavy atom. The van der Waals surface area contributed by atoms with Gasteiger partial charge in [0.2, 0.25) is 5.91 Å². The van der Waals surface area contributed by atoms with Gasteiger partial charge in [0.05, 0.1) is 25.6 Å². The molecule has 4 atom stereocenters. The van der Waals surface area contributed by atoms with Crippen LogP contribution in [0.2, 0.25) is 0 Å². The van der Waals surface area contributed by atoms with Gasteiger partial charge in [-0.05, 0) is 50.3 Å². The van der Waals surface area contributed by atoms with Gasteiger partial charge in [-0.1, -0.05) is 88.5 Å². The first-order valence-electron chi connectivity index (χ1n) is 16.5. The number of rotatable bonds is 25. The summed E-state index contributed by atoms with van der Waals surface area (Å²) in [5.41, 5.74) is -2.35. The van der Waals surface area contributed by atoms with E-state index < -0.39 is 47.8 Å². The van der Waals surface area contributed by atoms with Gasteiger partial charge in [-0.25, -0.2) is 9.59 Å². The summed E-state index contributed by atoms with van der Waals surface area (Å²) in [6, 6.07) is 5.45. The van der Waals surface area contributed by atoms with Crippen molar-refractivity contribution in [3.8, 4) is 17.6 Å². The summed E-state index contributed by atoms with van der Waals surface area (Å²) in [4.78, 5) is 49.7. The van der Waals surface area contributed by atoms with Crippen LogP contribution in [0.25, 0.3) is 0 Å². The zero-order chi connectivity index (χ0) is 35.1. The monoisotopic (exact) mass is 659 g/mol. The summed E-state index contributed by atoms with van der Waals surface area (Å²) in [7, 11) is 1.14. The highest BCUT2D eigenvalue weighted by Gasteiger charge is 2.49. The molecule has 0 fully saturated rings. The van der Waals surface area contributed by atoms with Crippen molar-refractivity contribution in [2.24, 2.45) is 5.92 Å². The molecule has 1 rings (SSSR count). The van der Waals surface area contributed by atoms with E-state index in [0.29, 0.717) is 24.2 Å². The third kappa shape index (κ3) is 16.5. The molecular weight excluding hydrogens is 606 g/mol. The molecule has 0 bridgehead atoms. The number of unbranched alkanes of at least 4 members (excludes halogenated alkanes) is 8. The molecular formula is C36H53NO10. The van der Waals surface area contributed by atoms with E-state index in [0.717, 1.165) is 52.1 Å². The summed E-state index contributed by atoms with van der Waals surface area (Å²) in [6.45, 7) is 4.07. The van der Waals surface area contributed by atoms with Gasteiger partial charge in [0.1, 0.15) is 18.4 Å². The molecule has 0 aromatic heterocycles. The van der Waals surface area contributed by atoms with Crippen LogP contribution >= 0.6 is 0 Å². The molecule has 0 aliphatic rings. The number of aliphatic hydroxyl groups is 2. The van der Waals surface area contributed by atoms with Crippen LogP contribution < -0.4 is 10.1 Å². The number of amides is 1. The Hall–Kier alpha value is -3.88. The Balaban J connectivity index is 2.88. The fraction of sp³-hybridized carbons (Fsp3) is 0.611. The number of benzene rings is 1. The third-order valence-corrected chi connectivity index (χ3v) is 7.87. The van der Waals surface area contributed by atoms with Crippen molar-refractivity contribution >= 4 is 23.8 Å². The van der Waals surface area contributed by atoms with Gasteiger partial charge in [-0.3, -0.25) is 9.59 Å². The summed E-state index contributed by atoms with van der Waals surface area (Å²) < 4.78 is 10.3. The SMILES string of the molecule is CC#CCOc1ccc(C[C@H](NC(=O)C(/C=C/CCCCCCC(O)CCCCCCC)[C@@](O)(CC(=O)O)C(=O)O)C(=O)OC)cc1. The second-order valence-corrected chi connectivity index (χ2v) is 11.7. The van der Waals surface area contributed by atoms with Crippen molar-refractivity contribution in [2.75, 3.05) is 13.7 Å². The van der Waals surface area contributed by atoms with Crippen LogP contribution in [0.3, 0.4) is 0 Å². The third-order valence-electron chi connectivity index (χ3n) is 7.87. The van der Waals surface area contributed by atoms with Crippen molar-refractivity contribution in [1.29, 1.82) is 0 Å². The number of carboxylic acids is 2. The van der Waals surface area contributed by atoms with Crippen molar-refractivity contribution in [3.63, 3.8) is 0 Å². The number of hydrogen-bond acceptors (Lipinski definition) is 8. The number of ether oxygens (including phenoxy) is 2. The summed E-state index contributed by atoms with van der Waals surface area (Å²) in [5, 5.41) is 42.8. The molecule has 0 saturated heterocycles. The minimum atomic E-state index is -2.97. The average Bonchev–Trinajstić information content (AvgIpc) is 3.03. The molecule has 47 heavy (non-hydrogen) atoms. The van der Waals surface area contributed by atoms with Gasteiger partial charge in [-0.15, -0.1) is 5.92 Å². The molecule has 0 aliphatic heterocycles. The normalized spacial score (nSPS) is 14.2. The van der Waals surface area contributed by atoms with Crippen molar-refractivity contribution in [2.45, 2.75) is 121 Å². The zero-order valence-electron chi connectivity index (χ0n) is 28.0. The highest BCUT2D eigenvalue weighted by molar-refractivity contribution is 5.94. The lowest BCUT2D eigenvalue weighted by Crippen LogP contribution is -2.55. The standard InChI is InChI=1S/C36H53NO10/c1-4-6-8-11-14-17-28(38)18-15-12-9-10-13-16-19-30(36(45,35(43)44)26-32(39)40)33(41)37-31(34(42)46-3)25-27-20-22-29(23-21-27)47-24-7-5-2/h16,19-23,28,30-31,38,45H,4,6,8-15,17-18,24-26H2,1-3H3,(H,37,41)(H,39,40)(H,43,44)/b19-16+/t28?,30?,31-,36-/m0/s1. The lowest BCUT2D eigenvalue weighted by Gasteiger charge is -2.29. The van der Waals surface area contributed by atoms with E-state index in [9.17, 15) is 39.6 Å². The van der Waals surface area contributed by atoms with Crippen LogP contribution in [0.1, 0.15) is 103 Å². The molecule has 11 heteroatoms. The maximum Gasteiger partial charge on any atom is 0.337 e. The van der Waals surface area contributed by atoms with Crippen LogP contribution in [-0.4, -0.2) is 75.7 Å². The zero-order valence-corrected chi connectivity index (χ0v) is 28.0. The number of allylic oxidation sites excluding steroid dienone is 1. The van der Waals surface area contributed by atoms with E-state index >= 15 is 0 Å². The number of hydrogen-bond donors (Lipinski definition) is 5. The first kappa shape index (κ1) is 41.1. The van der Waals surface area contributed by atoms with Gasteiger partial charge in [0.25, 0.3) is 0 Å². The molecule has 262 valence electrons. The fourth-order valence-electron chi connectivity index (χ4n) is 5.11. The number of carbonyl (C=O) groups excluding carboxylic acids is 2. The van der Waals surface area contributed by atoms with Crippen LogP contribution in [0, 0.1) is 17.8 Å². The smallest absolute Gasteiger partial charge is 0.337 e. The van der Waals surface area contributed by atoms with Gasteiger partial charge < -0.3 is 35.2 Å². The number of aliphatic carboxylic acids is 2. The summed E-state index contributed by atoms with van der Waals surface area (Å²) in [6.07, 6.45) is 12.3. The molecule has 11 nitrogen and oxygen atoms in total. The van der Waals surface area contributed by atoms with E-state index in [1.165, 1.54) is 25.3 Å². The minimum Gasteiger partial charge on any atom is -0.481 e. The molecule has 2 unspecified atom stereocenters. The Morgan fingerprint density at radius 2 is 1.57 bits per heavy atom. The van der Waals surface area contributed by atoms with Crippen LogP contribution in [0.5, 0.6) is 5.75 Å². The van der Waals surface area contributed by atoms with Gasteiger partial charge in [-0.2, -0.15) is 0 Å². The van der Waals surface area contributed by atoms with Gasteiger partial charge in [0.15, 0.2) is 5.60 Å². The molecule has 0 saturated carbocycles. The predicted octanol–water partition coefficient (Wildman–Crippen LogP) is 4.81. The fourth-order valence-corrected chi connectivity index (χ4v) is 5.11. The average molecular weight is 660 g/mol. The summed E-state index contributed by atoms with van der Waals surface area (Å²) in [5.74, 6) is -1.10. The second kappa shape index (κ2) is 23.4. The van der Waals surface area contributed by atoms with E-state index in [1.54, 1.807) is 37.3 Å². The van der Waals surface area contributed by atoms with Crippen molar-refractivity contribution in [3.05, 3.63) is 42.0 Å². The molecule has 1 amide bonds. The molecule has 1 aromatic carbocycles. The maximum absolute atomic E-state index is 13.5. The first-order chi connectivity index (χ1) is 22.5. The number of carbonyl (C=O) groups is 4. The molecule has 0 aliphatic carbocycles. The number of esters is 1. The Labute approximate surface area is 278 Å². The molecule has 0 heterocycles. The van der Waals surface area contributed by atoms with E-state index in [-0.39, 0.29) is 19.1 Å². The summed E-state index contributed by atoms with van der Waals surface area (Å²) >= 11 is 0. The minimum absolute atomic E-state index is 0.0259. The number of aliphatic hydroxyl groups excluding tert-OH is 1. The van der Waals surface area contributed by atoms with E-state index in [2.05, 4.69) is 24.1 Å². The highest BCUT2D eigenvalue weighted by Crippen LogP contribution is 2.26. The Morgan fingerprint density at radius 1 is 0.957 bits per heavy atom. The van der Waals surface area contributed by atoms with E-state index in [1.807, 2.05) is 0 Å². The molecule has 0 spiro atoms. The number of carboxylic acid groups (broad SMARTS) is 2. The van der Waals surface area contributed by atoms with E-state index in [4.69, 9.17) is 9.47 Å². The van der Waals surface area contributed by atoms with Crippen LogP contribution in [-0.2, 0) is 30.3 Å². The first-order valence-corrected chi connectivity index (χ1v) is 16.5. The van der Waals surface area contributed by atoms with Gasteiger partial charge >= 0.3 is 17.9 Å². The lowest BCUT2D eigenvalue weighted by atomic mass is 9.82. The second-order valence-electron chi connectivity index (χ2n) is 11.7. The predicted molar refractivity (Wildman–Crippen MR) is 178 cm³/mol. The number of nitrogens with one attached hydrogen (secondary N) is 1. The van der Waals surface area contributed by atoms with Crippen molar-refractivity contribution in [1.82, 2.24) is 5.32 Å². The highest BCUT2D eigenvalue weighted by atomic mass is 16.5. The largest absolute Gasteiger partial charge is 0.481 e. The Kier molecular flexibility index (Phi) is 20.5.